The molecule has 3 nitrogen and oxygen atoms in total. The van der Waals surface area contributed by atoms with Crippen molar-refractivity contribution in [2.45, 2.75) is 75.0 Å². The predicted molar refractivity (Wildman–Crippen MR) is 161 cm³/mol. The summed E-state index contributed by atoms with van der Waals surface area (Å²) in [6, 6.07) is 14.9. The maximum absolute atomic E-state index is 8.26. The first kappa shape index (κ1) is 40.2. The van der Waals surface area contributed by atoms with E-state index in [1.54, 1.807) is 0 Å². The third-order valence-electron chi connectivity index (χ3n) is 7.06. The van der Waals surface area contributed by atoms with E-state index in [9.17, 15) is 0 Å². The van der Waals surface area contributed by atoms with Crippen molar-refractivity contribution in [2.24, 2.45) is 0 Å². The maximum Gasteiger partial charge on any atom is -0.0639 e. The van der Waals surface area contributed by atoms with Crippen LogP contribution in [0, 0.1) is 0 Å². The smallest absolute Gasteiger partial charge is 0.0639 e. The molecule has 0 heterocycles. The Labute approximate surface area is 256 Å². The summed E-state index contributed by atoms with van der Waals surface area (Å²) in [5, 5.41) is 0. The van der Waals surface area contributed by atoms with E-state index in [-0.39, 0.29) is 0 Å². The first-order valence-electron chi connectivity index (χ1n) is 12.8. The third-order valence-corrected chi connectivity index (χ3v) is 8.75. The Morgan fingerprint density at radius 2 is 0.583 bits per heavy atom. The predicted octanol–water partition coefficient (Wildman–Crippen LogP) is 6.64. The van der Waals surface area contributed by atoms with Crippen LogP contribution in [0.2, 0.25) is 0 Å². The summed E-state index contributed by atoms with van der Waals surface area (Å²) in [7, 11) is 0. The van der Waals surface area contributed by atoms with Gasteiger partial charge in [0.1, 0.15) is 0 Å². The Hall–Kier alpha value is -0.272. The summed E-state index contributed by atoms with van der Waals surface area (Å²) in [6.45, 7) is 28.4. The van der Waals surface area contributed by atoms with Crippen LogP contribution in [0.1, 0.15) is 55.4 Å². The van der Waals surface area contributed by atoms with Crippen LogP contribution in [0.4, 0.5) is 0 Å². The molecule has 2 aromatic rings. The van der Waals surface area contributed by atoms with Gasteiger partial charge < -0.3 is 59.5 Å². The number of hydrogen-bond donors (Lipinski definition) is 0. The van der Waals surface area contributed by atoms with E-state index < -0.39 is 0 Å². The molecule has 2 aromatic carbocycles. The van der Waals surface area contributed by atoms with Crippen LogP contribution in [0.3, 0.4) is 0 Å². The molecular weight excluding hydrogens is 605 g/mol. The van der Waals surface area contributed by atoms with Crippen molar-refractivity contribution < 1.29 is 32.1 Å². The maximum atomic E-state index is 8.26. The van der Waals surface area contributed by atoms with Crippen molar-refractivity contribution in [2.75, 3.05) is 52.4 Å². The van der Waals surface area contributed by atoms with E-state index in [2.05, 4.69) is 55.4 Å². The van der Waals surface area contributed by atoms with E-state index in [4.69, 9.17) is 53.9 Å². The van der Waals surface area contributed by atoms with Gasteiger partial charge in [-0.05, 0) is 55.4 Å². The van der Waals surface area contributed by atoms with Crippen molar-refractivity contribution in [3.05, 3.63) is 48.5 Å². The molecule has 208 valence electrons. The average molecular weight is 653 g/mol. The minimum atomic E-state index is 0.700. The quantitative estimate of drug-likeness (QED) is 0.180. The van der Waals surface area contributed by atoms with Crippen LogP contribution in [-0.4, -0.2) is 61.3 Å². The van der Waals surface area contributed by atoms with Crippen LogP contribution in [-0.2, 0) is 73.7 Å². The number of hydrogen-bond acceptors (Lipinski definition) is 5. The fourth-order valence-corrected chi connectivity index (χ4v) is 4.17. The second-order valence-electron chi connectivity index (χ2n) is 8.11. The van der Waals surface area contributed by atoms with Crippen LogP contribution >= 0.6 is 0 Å². The van der Waals surface area contributed by atoms with Crippen LogP contribution in [0.15, 0.2) is 68.1 Å². The minimum Gasteiger partial charge on any atom is -0.781 e. The normalized spacial score (nSPS) is 10.1. The zero-order chi connectivity index (χ0) is 28.6. The van der Waals surface area contributed by atoms with Gasteiger partial charge in [0.15, 0.2) is 0 Å². The molecule has 0 aliphatic carbocycles. The SMILES string of the molecule is CC[N+](CC)(CC)CC.CC[N+](CC)(CC)CC.[O]=[Mo].[S-]c1ccccc1[S-].[S-]c1ccccc1[S-]. The molecule has 0 aromatic heterocycles. The standard InChI is InChI=1S/2C8H20N.2C6H6S2.Mo.O/c2*1-5-9(6-2,7-3)8-4;2*7-5-3-1-2-4-6(5)8;;/h2*5-8H2,1-4H3;2*1-4,7-8H;;/q2*+1;;;;/p-4. The second kappa shape index (κ2) is 25.0. The molecule has 8 heteroatoms. The summed E-state index contributed by atoms with van der Waals surface area (Å²) in [5.41, 5.74) is 0. The number of quaternary nitrogens is 2. The molecule has 0 spiro atoms. The fourth-order valence-electron chi connectivity index (χ4n) is 3.58. The molecule has 0 atom stereocenters. The van der Waals surface area contributed by atoms with Crippen LogP contribution < -0.4 is 0 Å². The first-order valence-corrected chi connectivity index (χ1v) is 15.3. The Balaban J connectivity index is -0.000000394. The zero-order valence-corrected chi connectivity index (χ0v) is 28.9. The van der Waals surface area contributed by atoms with Crippen molar-refractivity contribution >= 4 is 50.5 Å². The molecule has 0 aliphatic rings. The second-order valence-corrected chi connectivity index (χ2v) is 9.87. The van der Waals surface area contributed by atoms with Crippen LogP contribution in [0.5, 0.6) is 0 Å². The van der Waals surface area contributed by atoms with Gasteiger partial charge in [0.25, 0.3) is 0 Å². The van der Waals surface area contributed by atoms with Gasteiger partial charge in [-0.25, -0.2) is 0 Å². The monoisotopic (exact) mass is 654 g/mol. The van der Waals surface area contributed by atoms with Gasteiger partial charge in [-0.2, -0.15) is 19.6 Å². The Bertz CT molecular complexity index is 632. The van der Waals surface area contributed by atoms with Gasteiger partial charge in [-0.15, -0.1) is 0 Å². The fraction of sp³-hybridized carbons (Fsp3) is 0.571. The van der Waals surface area contributed by atoms with Crippen molar-refractivity contribution in [1.29, 1.82) is 0 Å². The van der Waals surface area contributed by atoms with E-state index in [0.29, 0.717) is 19.8 Å². The van der Waals surface area contributed by atoms with E-state index in [1.165, 1.54) is 61.3 Å². The van der Waals surface area contributed by atoms with Crippen molar-refractivity contribution in [3.63, 3.8) is 0 Å². The molecule has 2 rings (SSSR count). The average Bonchev–Trinajstić information content (AvgIpc) is 2.93. The summed E-state index contributed by atoms with van der Waals surface area (Å²) in [5.74, 6) is 0. The van der Waals surface area contributed by atoms with E-state index in [0.717, 1.165) is 19.6 Å². The van der Waals surface area contributed by atoms with Gasteiger partial charge in [0.2, 0.25) is 0 Å². The Kier molecular flexibility index (Phi) is 28.0. The summed E-state index contributed by atoms with van der Waals surface area (Å²) < 4.78 is 10.8. The molecule has 0 fully saturated rings. The van der Waals surface area contributed by atoms with E-state index in [1.807, 2.05) is 48.5 Å². The van der Waals surface area contributed by atoms with Gasteiger partial charge in [0, 0.05) is 0 Å². The molecule has 0 N–H and O–H groups in total. The van der Waals surface area contributed by atoms with Crippen LogP contribution in [0.25, 0.3) is 0 Å². The number of nitrogens with zero attached hydrogens (tertiary/aromatic N) is 2. The third kappa shape index (κ3) is 17.3. The molecule has 0 aliphatic heterocycles. The molecule has 0 saturated heterocycles. The Morgan fingerprint density at radius 1 is 0.444 bits per heavy atom. The van der Waals surface area contributed by atoms with E-state index >= 15 is 0 Å². The Morgan fingerprint density at radius 3 is 0.639 bits per heavy atom. The van der Waals surface area contributed by atoms with Gasteiger partial charge >= 0.3 is 23.2 Å². The number of rotatable bonds is 8. The molecule has 36 heavy (non-hydrogen) atoms. The summed E-state index contributed by atoms with van der Waals surface area (Å²) in [6.07, 6.45) is 0. The van der Waals surface area contributed by atoms with Gasteiger partial charge in [-0.1, -0.05) is 48.5 Å². The molecule has 0 unspecified atom stereocenters. The molecular formula is C28H48MoN2OS4-2. The first-order chi connectivity index (χ1) is 17.1. The van der Waals surface area contributed by atoms with Gasteiger partial charge in [-0.3, -0.25) is 0 Å². The summed E-state index contributed by atoms with van der Waals surface area (Å²) in [4.78, 5) is 3.06. The topological polar surface area (TPSA) is 17.1 Å². The largest absolute Gasteiger partial charge is 0.781 e. The molecule has 0 saturated carbocycles. The molecule has 0 amide bonds. The summed E-state index contributed by atoms with van der Waals surface area (Å²) >= 11 is 20.1. The number of benzene rings is 2. The molecule has 0 radical (unpaired) electrons. The minimum absolute atomic E-state index is 0.700. The van der Waals surface area contributed by atoms with Crippen molar-refractivity contribution in [1.82, 2.24) is 0 Å². The molecule has 0 bridgehead atoms. The van der Waals surface area contributed by atoms with Gasteiger partial charge in [0.05, 0.1) is 52.4 Å². The zero-order valence-electron chi connectivity index (χ0n) is 23.6. The van der Waals surface area contributed by atoms with Crippen molar-refractivity contribution in [3.8, 4) is 0 Å².